The number of rotatable bonds is 8. The minimum atomic E-state index is 0.390. The zero-order valence-corrected chi connectivity index (χ0v) is 12.7. The number of morpholine rings is 1. The summed E-state index contributed by atoms with van der Waals surface area (Å²) in [6.07, 6.45) is 5.38. The summed E-state index contributed by atoms with van der Waals surface area (Å²) in [4.78, 5) is 2.64. The Balaban J connectivity index is 2.58. The van der Waals surface area contributed by atoms with E-state index in [1.165, 1.54) is 25.7 Å². The van der Waals surface area contributed by atoms with Gasteiger partial charge >= 0.3 is 0 Å². The fourth-order valence-electron chi connectivity index (χ4n) is 3.02. The highest BCUT2D eigenvalue weighted by atomic mass is 16.5. The lowest BCUT2D eigenvalue weighted by Gasteiger charge is -2.41. The van der Waals surface area contributed by atoms with Gasteiger partial charge in [-0.25, -0.2) is 0 Å². The van der Waals surface area contributed by atoms with Crippen molar-refractivity contribution in [3.05, 3.63) is 0 Å². The zero-order chi connectivity index (χ0) is 13.4. The molecule has 0 radical (unpaired) electrons. The van der Waals surface area contributed by atoms with Gasteiger partial charge < -0.3 is 10.1 Å². The third kappa shape index (κ3) is 4.87. The van der Waals surface area contributed by atoms with Crippen molar-refractivity contribution in [2.75, 3.05) is 26.2 Å². The van der Waals surface area contributed by atoms with Gasteiger partial charge in [-0.05, 0) is 32.7 Å². The van der Waals surface area contributed by atoms with Crippen LogP contribution in [-0.4, -0.2) is 49.3 Å². The molecule has 0 aromatic heterocycles. The van der Waals surface area contributed by atoms with E-state index >= 15 is 0 Å². The molecule has 0 saturated carbocycles. The van der Waals surface area contributed by atoms with Gasteiger partial charge in [-0.3, -0.25) is 4.90 Å². The van der Waals surface area contributed by atoms with Crippen LogP contribution >= 0.6 is 0 Å². The Kier molecular flexibility index (Phi) is 7.87. The summed E-state index contributed by atoms with van der Waals surface area (Å²) in [5.41, 5.74) is 0. The van der Waals surface area contributed by atoms with Crippen LogP contribution in [-0.2, 0) is 4.74 Å². The highest BCUT2D eigenvalue weighted by molar-refractivity contribution is 4.85. The molecule has 3 unspecified atom stereocenters. The second kappa shape index (κ2) is 8.89. The smallest absolute Gasteiger partial charge is 0.0674 e. The van der Waals surface area contributed by atoms with Gasteiger partial charge in [0.2, 0.25) is 0 Å². The molecule has 1 N–H and O–H groups in total. The van der Waals surface area contributed by atoms with E-state index in [9.17, 15) is 0 Å². The van der Waals surface area contributed by atoms with Crippen LogP contribution in [0.2, 0.25) is 0 Å². The molecule has 1 aliphatic heterocycles. The Hall–Kier alpha value is -0.120. The van der Waals surface area contributed by atoms with Crippen molar-refractivity contribution in [3.8, 4) is 0 Å². The Morgan fingerprint density at radius 1 is 1.28 bits per heavy atom. The predicted octanol–water partition coefficient (Wildman–Crippen LogP) is 2.65. The lowest BCUT2D eigenvalue weighted by atomic mass is 9.98. The molecule has 1 rings (SSSR count). The van der Waals surface area contributed by atoms with Crippen LogP contribution in [0.1, 0.15) is 53.4 Å². The van der Waals surface area contributed by atoms with Gasteiger partial charge in [-0.15, -0.1) is 0 Å². The molecule has 0 aromatic carbocycles. The number of nitrogens with one attached hydrogen (secondary N) is 1. The molecular weight excluding hydrogens is 224 g/mol. The quantitative estimate of drug-likeness (QED) is 0.722. The fourth-order valence-corrected chi connectivity index (χ4v) is 3.02. The molecule has 1 heterocycles. The fraction of sp³-hybridized carbons (Fsp3) is 1.00. The highest BCUT2D eigenvalue weighted by Gasteiger charge is 2.28. The molecule has 0 aromatic rings. The Morgan fingerprint density at radius 3 is 2.61 bits per heavy atom. The van der Waals surface area contributed by atoms with E-state index in [0.29, 0.717) is 18.2 Å². The van der Waals surface area contributed by atoms with Crippen LogP contribution in [0.4, 0.5) is 0 Å². The summed E-state index contributed by atoms with van der Waals surface area (Å²) < 4.78 is 5.66. The minimum absolute atomic E-state index is 0.390. The van der Waals surface area contributed by atoms with Crippen molar-refractivity contribution in [2.45, 2.75) is 71.6 Å². The molecule has 18 heavy (non-hydrogen) atoms. The maximum absolute atomic E-state index is 5.66. The molecular formula is C15H32N2O. The minimum Gasteiger partial charge on any atom is -0.376 e. The first kappa shape index (κ1) is 15.9. The summed E-state index contributed by atoms with van der Waals surface area (Å²) in [5, 5.41) is 3.75. The molecule has 0 bridgehead atoms. The average Bonchev–Trinajstić information content (AvgIpc) is 2.37. The largest absolute Gasteiger partial charge is 0.376 e. The molecule has 3 heteroatoms. The Labute approximate surface area is 113 Å². The molecule has 1 fully saturated rings. The van der Waals surface area contributed by atoms with E-state index in [1.807, 2.05) is 0 Å². The number of ether oxygens (including phenoxy) is 1. The van der Waals surface area contributed by atoms with Crippen LogP contribution in [0.25, 0.3) is 0 Å². The summed E-state index contributed by atoms with van der Waals surface area (Å²) in [7, 11) is 0. The van der Waals surface area contributed by atoms with E-state index in [2.05, 4.69) is 37.9 Å². The van der Waals surface area contributed by atoms with Gasteiger partial charge in [0, 0.05) is 25.2 Å². The second-order valence-electron chi connectivity index (χ2n) is 5.50. The van der Waals surface area contributed by atoms with Crippen LogP contribution in [0.5, 0.6) is 0 Å². The first-order valence-corrected chi connectivity index (χ1v) is 7.81. The molecule has 3 nitrogen and oxygen atoms in total. The molecule has 108 valence electrons. The van der Waals surface area contributed by atoms with Gasteiger partial charge in [0.1, 0.15) is 0 Å². The third-order valence-corrected chi connectivity index (χ3v) is 3.88. The van der Waals surface area contributed by atoms with Crippen molar-refractivity contribution in [1.29, 1.82) is 0 Å². The van der Waals surface area contributed by atoms with Crippen LogP contribution < -0.4 is 5.32 Å². The van der Waals surface area contributed by atoms with Crippen molar-refractivity contribution in [1.82, 2.24) is 10.2 Å². The van der Waals surface area contributed by atoms with Gasteiger partial charge in [-0.1, -0.05) is 27.2 Å². The summed E-state index contributed by atoms with van der Waals surface area (Å²) in [5.74, 6) is 0. The SMILES string of the molecule is CCCNC(CCC)C(CC)N1CCOC(C)C1. The van der Waals surface area contributed by atoms with E-state index in [1.54, 1.807) is 0 Å². The Bertz CT molecular complexity index is 211. The second-order valence-corrected chi connectivity index (χ2v) is 5.50. The lowest BCUT2D eigenvalue weighted by Crippen LogP contribution is -2.55. The molecule has 0 amide bonds. The van der Waals surface area contributed by atoms with Crippen LogP contribution in [0.3, 0.4) is 0 Å². The average molecular weight is 256 g/mol. The van der Waals surface area contributed by atoms with Gasteiger partial charge in [-0.2, -0.15) is 0 Å². The van der Waals surface area contributed by atoms with E-state index in [-0.39, 0.29) is 0 Å². The Morgan fingerprint density at radius 2 is 2.06 bits per heavy atom. The first-order chi connectivity index (χ1) is 8.72. The monoisotopic (exact) mass is 256 g/mol. The number of hydrogen-bond acceptors (Lipinski definition) is 3. The van der Waals surface area contributed by atoms with Crippen molar-refractivity contribution in [2.24, 2.45) is 0 Å². The topological polar surface area (TPSA) is 24.5 Å². The number of hydrogen-bond donors (Lipinski definition) is 1. The van der Waals surface area contributed by atoms with Gasteiger partial charge in [0.05, 0.1) is 12.7 Å². The van der Waals surface area contributed by atoms with E-state index in [0.717, 1.165) is 26.2 Å². The number of nitrogens with zero attached hydrogens (tertiary/aromatic N) is 1. The predicted molar refractivity (Wildman–Crippen MR) is 78.1 cm³/mol. The molecule has 3 atom stereocenters. The molecule has 1 saturated heterocycles. The molecule has 0 spiro atoms. The van der Waals surface area contributed by atoms with Gasteiger partial charge in [0.15, 0.2) is 0 Å². The van der Waals surface area contributed by atoms with E-state index in [4.69, 9.17) is 4.74 Å². The zero-order valence-electron chi connectivity index (χ0n) is 12.7. The standard InChI is InChI=1S/C15H32N2O/c1-5-8-14(16-9-6-2)15(7-3)17-10-11-18-13(4)12-17/h13-16H,5-12H2,1-4H3. The van der Waals surface area contributed by atoms with Crippen molar-refractivity contribution >= 4 is 0 Å². The summed E-state index contributed by atoms with van der Waals surface area (Å²) in [6, 6.07) is 1.31. The van der Waals surface area contributed by atoms with E-state index < -0.39 is 0 Å². The van der Waals surface area contributed by atoms with Crippen LogP contribution in [0.15, 0.2) is 0 Å². The maximum Gasteiger partial charge on any atom is 0.0674 e. The molecule has 0 aliphatic carbocycles. The third-order valence-electron chi connectivity index (χ3n) is 3.88. The van der Waals surface area contributed by atoms with Gasteiger partial charge in [0.25, 0.3) is 0 Å². The van der Waals surface area contributed by atoms with Crippen LogP contribution in [0, 0.1) is 0 Å². The van der Waals surface area contributed by atoms with Crippen molar-refractivity contribution in [3.63, 3.8) is 0 Å². The first-order valence-electron chi connectivity index (χ1n) is 7.81. The van der Waals surface area contributed by atoms with Crippen molar-refractivity contribution < 1.29 is 4.74 Å². The lowest BCUT2D eigenvalue weighted by molar-refractivity contribution is -0.0408. The summed E-state index contributed by atoms with van der Waals surface area (Å²) >= 11 is 0. The molecule has 1 aliphatic rings. The normalized spacial score (nSPS) is 25.0. The highest BCUT2D eigenvalue weighted by Crippen LogP contribution is 2.17. The maximum atomic E-state index is 5.66. The summed E-state index contributed by atoms with van der Waals surface area (Å²) in [6.45, 7) is 13.3.